The zero-order valence-electron chi connectivity index (χ0n) is 14.5. The van der Waals surface area contributed by atoms with E-state index in [0.717, 1.165) is 35.2 Å². The number of hydrogen-bond acceptors (Lipinski definition) is 7. The summed E-state index contributed by atoms with van der Waals surface area (Å²) in [5.41, 5.74) is 1.67. The van der Waals surface area contributed by atoms with E-state index in [4.69, 9.17) is 4.52 Å². The Hall–Kier alpha value is -2.68. The van der Waals surface area contributed by atoms with Crippen molar-refractivity contribution in [2.75, 3.05) is 5.32 Å². The van der Waals surface area contributed by atoms with Crippen LogP contribution in [0.4, 0.5) is 5.69 Å². The van der Waals surface area contributed by atoms with Gasteiger partial charge in [0.25, 0.3) is 0 Å². The van der Waals surface area contributed by atoms with Crippen LogP contribution in [-0.4, -0.2) is 30.8 Å². The highest BCUT2D eigenvalue weighted by Crippen LogP contribution is 2.41. The summed E-state index contributed by atoms with van der Waals surface area (Å²) in [6.07, 6.45) is 2.25. The van der Waals surface area contributed by atoms with E-state index in [1.54, 1.807) is 6.92 Å². The molecule has 1 aliphatic carbocycles. The Morgan fingerprint density at radius 3 is 2.92 bits per heavy atom. The van der Waals surface area contributed by atoms with E-state index in [9.17, 15) is 4.79 Å². The second-order valence-electron chi connectivity index (χ2n) is 6.20. The highest BCUT2D eigenvalue weighted by molar-refractivity contribution is 7.98. The smallest absolute Gasteiger partial charge is 0.223 e. The number of anilines is 1. The number of amides is 1. The standard InChI is InChI=1S/C17H18N6O2S/c1-10(24)18-13-4-3-5-14(8-13)23-16(12-6-7-12)20-21-17(23)26-9-15-19-11(2)25-22-15/h3-5,8,12H,6-7,9H2,1-2H3,(H,18,24). The lowest BCUT2D eigenvalue weighted by atomic mass is 10.2. The van der Waals surface area contributed by atoms with Crippen molar-refractivity contribution in [3.63, 3.8) is 0 Å². The molecule has 4 rings (SSSR count). The van der Waals surface area contributed by atoms with Gasteiger partial charge in [0.15, 0.2) is 11.0 Å². The Morgan fingerprint density at radius 2 is 2.23 bits per heavy atom. The number of rotatable bonds is 6. The van der Waals surface area contributed by atoms with Gasteiger partial charge in [0.1, 0.15) is 5.82 Å². The molecule has 0 unspecified atom stereocenters. The highest BCUT2D eigenvalue weighted by atomic mass is 32.2. The lowest BCUT2D eigenvalue weighted by molar-refractivity contribution is -0.114. The molecule has 0 radical (unpaired) electrons. The van der Waals surface area contributed by atoms with Crippen molar-refractivity contribution >= 4 is 23.4 Å². The number of nitrogens with zero attached hydrogens (tertiary/aromatic N) is 5. The molecule has 8 nitrogen and oxygen atoms in total. The molecule has 1 N–H and O–H groups in total. The first-order chi connectivity index (χ1) is 12.6. The Balaban J connectivity index is 1.65. The molecule has 0 spiro atoms. The van der Waals surface area contributed by atoms with Crippen LogP contribution in [-0.2, 0) is 10.5 Å². The van der Waals surface area contributed by atoms with Crippen molar-refractivity contribution in [1.29, 1.82) is 0 Å². The van der Waals surface area contributed by atoms with Gasteiger partial charge in [0, 0.05) is 25.5 Å². The van der Waals surface area contributed by atoms with Crippen LogP contribution in [0.2, 0.25) is 0 Å². The molecule has 0 bridgehead atoms. The first-order valence-electron chi connectivity index (χ1n) is 8.35. The molecule has 2 aromatic heterocycles. The molecule has 1 aromatic carbocycles. The van der Waals surface area contributed by atoms with Gasteiger partial charge in [-0.15, -0.1) is 10.2 Å². The summed E-state index contributed by atoms with van der Waals surface area (Å²) in [5.74, 6) is 3.01. The number of aromatic nitrogens is 5. The maximum Gasteiger partial charge on any atom is 0.223 e. The number of benzene rings is 1. The van der Waals surface area contributed by atoms with Gasteiger partial charge in [-0.1, -0.05) is 23.0 Å². The fourth-order valence-corrected chi connectivity index (χ4v) is 3.48. The molecule has 0 atom stereocenters. The maximum atomic E-state index is 11.4. The molecule has 2 heterocycles. The molecule has 3 aromatic rings. The first kappa shape index (κ1) is 16.8. The van der Waals surface area contributed by atoms with Crippen molar-refractivity contribution in [2.45, 2.75) is 43.5 Å². The van der Waals surface area contributed by atoms with E-state index in [-0.39, 0.29) is 5.91 Å². The van der Waals surface area contributed by atoms with E-state index >= 15 is 0 Å². The third kappa shape index (κ3) is 3.62. The zero-order chi connectivity index (χ0) is 18.1. The quantitative estimate of drug-likeness (QED) is 0.666. The van der Waals surface area contributed by atoms with Gasteiger partial charge in [-0.3, -0.25) is 9.36 Å². The van der Waals surface area contributed by atoms with Gasteiger partial charge < -0.3 is 9.84 Å². The molecule has 1 aliphatic rings. The Morgan fingerprint density at radius 1 is 1.38 bits per heavy atom. The number of aryl methyl sites for hydroxylation is 1. The van der Waals surface area contributed by atoms with E-state index in [0.29, 0.717) is 23.4 Å². The van der Waals surface area contributed by atoms with Crippen molar-refractivity contribution in [1.82, 2.24) is 24.9 Å². The van der Waals surface area contributed by atoms with E-state index in [1.165, 1.54) is 18.7 Å². The fraction of sp³-hybridized carbons (Fsp3) is 0.353. The summed E-state index contributed by atoms with van der Waals surface area (Å²) in [4.78, 5) is 15.6. The van der Waals surface area contributed by atoms with Crippen molar-refractivity contribution < 1.29 is 9.32 Å². The van der Waals surface area contributed by atoms with Gasteiger partial charge in [-0.25, -0.2) is 0 Å². The second kappa shape index (κ2) is 6.91. The molecular formula is C17H18N6O2S. The molecule has 1 amide bonds. The summed E-state index contributed by atoms with van der Waals surface area (Å²) in [6, 6.07) is 7.69. The summed E-state index contributed by atoms with van der Waals surface area (Å²) < 4.78 is 7.07. The summed E-state index contributed by atoms with van der Waals surface area (Å²) in [7, 11) is 0. The minimum Gasteiger partial charge on any atom is -0.340 e. The van der Waals surface area contributed by atoms with Crippen LogP contribution in [0.3, 0.4) is 0 Å². The van der Waals surface area contributed by atoms with Crippen LogP contribution in [0, 0.1) is 6.92 Å². The molecule has 134 valence electrons. The largest absolute Gasteiger partial charge is 0.340 e. The normalized spacial score (nSPS) is 13.8. The predicted octanol–water partition coefficient (Wildman–Crippen LogP) is 3.09. The van der Waals surface area contributed by atoms with Crippen LogP contribution in [0.5, 0.6) is 0 Å². The van der Waals surface area contributed by atoms with Crippen LogP contribution in [0.15, 0.2) is 33.9 Å². The third-order valence-electron chi connectivity index (χ3n) is 3.93. The van der Waals surface area contributed by atoms with Crippen LogP contribution in [0.25, 0.3) is 5.69 Å². The Bertz CT molecular complexity index is 946. The van der Waals surface area contributed by atoms with Gasteiger partial charge in [-0.2, -0.15) is 4.98 Å². The fourth-order valence-electron chi connectivity index (χ4n) is 2.68. The molecule has 1 fully saturated rings. The summed E-state index contributed by atoms with van der Waals surface area (Å²) in [6.45, 7) is 3.26. The minimum absolute atomic E-state index is 0.101. The van der Waals surface area contributed by atoms with Gasteiger partial charge in [0.05, 0.1) is 11.4 Å². The second-order valence-corrected chi connectivity index (χ2v) is 7.14. The predicted molar refractivity (Wildman–Crippen MR) is 96.2 cm³/mol. The molecule has 0 aliphatic heterocycles. The Labute approximate surface area is 154 Å². The molecule has 9 heteroatoms. The summed E-state index contributed by atoms with van der Waals surface area (Å²) in [5, 5.41) is 16.3. The maximum absolute atomic E-state index is 11.4. The molecule has 0 saturated heterocycles. The lowest BCUT2D eigenvalue weighted by Gasteiger charge is -2.11. The number of carbonyl (C=O) groups is 1. The number of thioether (sulfide) groups is 1. The first-order valence-corrected chi connectivity index (χ1v) is 9.34. The highest BCUT2D eigenvalue weighted by Gasteiger charge is 2.31. The lowest BCUT2D eigenvalue weighted by Crippen LogP contribution is -2.07. The van der Waals surface area contributed by atoms with Gasteiger partial charge >= 0.3 is 0 Å². The summed E-state index contributed by atoms with van der Waals surface area (Å²) >= 11 is 1.51. The molecule has 1 saturated carbocycles. The monoisotopic (exact) mass is 370 g/mol. The van der Waals surface area contributed by atoms with Gasteiger partial charge in [-0.05, 0) is 31.0 Å². The van der Waals surface area contributed by atoms with E-state index in [2.05, 4.69) is 30.2 Å². The van der Waals surface area contributed by atoms with Crippen molar-refractivity contribution in [2.24, 2.45) is 0 Å². The number of hydrogen-bond donors (Lipinski definition) is 1. The van der Waals surface area contributed by atoms with Crippen LogP contribution in [0.1, 0.15) is 43.2 Å². The van der Waals surface area contributed by atoms with E-state index in [1.807, 2.05) is 24.3 Å². The van der Waals surface area contributed by atoms with Crippen LogP contribution >= 0.6 is 11.8 Å². The average molecular weight is 370 g/mol. The van der Waals surface area contributed by atoms with Crippen LogP contribution < -0.4 is 5.32 Å². The van der Waals surface area contributed by atoms with Crippen molar-refractivity contribution in [3.8, 4) is 5.69 Å². The molecule has 26 heavy (non-hydrogen) atoms. The topological polar surface area (TPSA) is 98.7 Å². The SMILES string of the molecule is CC(=O)Nc1cccc(-n2c(SCc3noc(C)n3)nnc2C2CC2)c1. The Kier molecular flexibility index (Phi) is 4.46. The number of carbonyl (C=O) groups excluding carboxylic acids is 1. The van der Waals surface area contributed by atoms with Gasteiger partial charge in [0.2, 0.25) is 11.8 Å². The van der Waals surface area contributed by atoms with Crippen molar-refractivity contribution in [3.05, 3.63) is 41.8 Å². The average Bonchev–Trinajstić information content (AvgIpc) is 3.23. The third-order valence-corrected chi connectivity index (χ3v) is 4.85. The zero-order valence-corrected chi connectivity index (χ0v) is 15.3. The minimum atomic E-state index is -0.101. The molecular weight excluding hydrogens is 352 g/mol. The number of nitrogens with one attached hydrogen (secondary N) is 1. The van der Waals surface area contributed by atoms with E-state index < -0.39 is 0 Å².